The van der Waals surface area contributed by atoms with Gasteiger partial charge in [-0.3, -0.25) is 9.59 Å². The first kappa shape index (κ1) is 13.9. The van der Waals surface area contributed by atoms with E-state index in [9.17, 15) is 9.59 Å². The summed E-state index contributed by atoms with van der Waals surface area (Å²) >= 11 is 8.22. The Hall–Kier alpha value is -0.160. The standard InChI is InChI=1S/C11H18O3S2/c12-9(8(6-15)10(13)14)11(7-16)4-2-1-3-5-11/h8,15-16H,1-7H2,(H,13,14). The lowest BCUT2D eigenvalue weighted by molar-refractivity contribution is -0.149. The molecule has 0 saturated heterocycles. The first-order valence-corrected chi connectivity index (χ1v) is 6.83. The van der Waals surface area contributed by atoms with E-state index in [1.807, 2.05) is 0 Å². The molecule has 0 aromatic carbocycles. The van der Waals surface area contributed by atoms with Crippen LogP contribution in [-0.4, -0.2) is 28.4 Å². The molecule has 16 heavy (non-hydrogen) atoms. The fourth-order valence-electron chi connectivity index (χ4n) is 2.35. The fraction of sp³-hybridized carbons (Fsp3) is 0.818. The summed E-state index contributed by atoms with van der Waals surface area (Å²) in [6.07, 6.45) is 4.65. The van der Waals surface area contributed by atoms with Crippen LogP contribution in [0.1, 0.15) is 32.1 Å². The molecule has 0 heterocycles. The Labute approximate surface area is 107 Å². The Morgan fingerprint density at radius 3 is 2.12 bits per heavy atom. The molecule has 0 bridgehead atoms. The molecule has 0 aromatic heterocycles. The van der Waals surface area contributed by atoms with Crippen molar-refractivity contribution in [3.63, 3.8) is 0 Å². The largest absolute Gasteiger partial charge is 0.481 e. The number of hydrogen-bond donors (Lipinski definition) is 3. The molecule has 1 unspecified atom stereocenters. The molecule has 1 rings (SSSR count). The summed E-state index contributed by atoms with van der Waals surface area (Å²) in [6, 6.07) is 0. The number of hydrogen-bond acceptors (Lipinski definition) is 4. The average Bonchev–Trinajstić information content (AvgIpc) is 2.30. The zero-order valence-corrected chi connectivity index (χ0v) is 11.0. The Kier molecular flexibility index (Phi) is 5.18. The predicted octanol–water partition coefficient (Wildman–Crippen LogP) is 2.07. The lowest BCUT2D eigenvalue weighted by Gasteiger charge is -2.36. The van der Waals surface area contributed by atoms with E-state index in [0.717, 1.165) is 32.1 Å². The zero-order chi connectivity index (χ0) is 12.2. The highest BCUT2D eigenvalue weighted by Gasteiger charge is 2.43. The van der Waals surface area contributed by atoms with E-state index >= 15 is 0 Å². The molecule has 0 spiro atoms. The molecule has 0 aliphatic heterocycles. The third kappa shape index (κ3) is 2.74. The summed E-state index contributed by atoms with van der Waals surface area (Å²) in [5.74, 6) is -1.70. The minimum absolute atomic E-state index is 0.0731. The molecule has 0 amide bonds. The van der Waals surface area contributed by atoms with Crippen LogP contribution in [0.3, 0.4) is 0 Å². The van der Waals surface area contributed by atoms with Crippen molar-refractivity contribution in [3.05, 3.63) is 0 Å². The van der Waals surface area contributed by atoms with E-state index in [0.29, 0.717) is 5.75 Å². The molecule has 5 heteroatoms. The van der Waals surface area contributed by atoms with Gasteiger partial charge in [-0.1, -0.05) is 19.3 Å². The van der Waals surface area contributed by atoms with Gasteiger partial charge < -0.3 is 5.11 Å². The molecule has 92 valence electrons. The third-order valence-corrected chi connectivity index (χ3v) is 4.40. The van der Waals surface area contributed by atoms with Crippen LogP contribution in [0.25, 0.3) is 0 Å². The van der Waals surface area contributed by atoms with Gasteiger partial charge in [0.05, 0.1) is 0 Å². The van der Waals surface area contributed by atoms with Gasteiger partial charge in [0.25, 0.3) is 0 Å². The smallest absolute Gasteiger partial charge is 0.314 e. The van der Waals surface area contributed by atoms with E-state index in [2.05, 4.69) is 25.3 Å². The maximum absolute atomic E-state index is 12.2. The van der Waals surface area contributed by atoms with Crippen molar-refractivity contribution in [2.45, 2.75) is 32.1 Å². The molecular weight excluding hydrogens is 244 g/mol. The van der Waals surface area contributed by atoms with Gasteiger partial charge in [-0.05, 0) is 12.8 Å². The Bertz CT molecular complexity index is 272. The van der Waals surface area contributed by atoms with Crippen LogP contribution in [0, 0.1) is 11.3 Å². The highest BCUT2D eigenvalue weighted by molar-refractivity contribution is 7.80. The van der Waals surface area contributed by atoms with Crippen LogP contribution in [0.5, 0.6) is 0 Å². The zero-order valence-electron chi connectivity index (χ0n) is 9.19. The monoisotopic (exact) mass is 262 g/mol. The van der Waals surface area contributed by atoms with Crippen LogP contribution in [-0.2, 0) is 9.59 Å². The minimum atomic E-state index is -1.06. The Balaban J connectivity index is 2.86. The van der Waals surface area contributed by atoms with Gasteiger partial charge in [0.2, 0.25) is 0 Å². The van der Waals surface area contributed by atoms with Crippen molar-refractivity contribution in [2.75, 3.05) is 11.5 Å². The second-order valence-electron chi connectivity index (χ2n) is 4.44. The summed E-state index contributed by atoms with van der Waals surface area (Å²) in [5, 5.41) is 8.99. The summed E-state index contributed by atoms with van der Waals surface area (Å²) in [5.41, 5.74) is -0.521. The number of carbonyl (C=O) groups excluding carboxylic acids is 1. The molecular formula is C11H18O3S2. The molecule has 1 saturated carbocycles. The lowest BCUT2D eigenvalue weighted by atomic mass is 9.69. The number of carbonyl (C=O) groups is 2. The summed E-state index contributed by atoms with van der Waals surface area (Å²) in [6.45, 7) is 0. The van der Waals surface area contributed by atoms with E-state index in [1.54, 1.807) is 0 Å². The maximum atomic E-state index is 12.2. The number of carboxylic acid groups (broad SMARTS) is 1. The molecule has 1 fully saturated rings. The van der Waals surface area contributed by atoms with Crippen LogP contribution in [0.4, 0.5) is 0 Å². The molecule has 1 aliphatic carbocycles. The SMILES string of the molecule is O=C(O)C(CS)C(=O)C1(CS)CCCCC1. The van der Waals surface area contributed by atoms with Crippen LogP contribution in [0.2, 0.25) is 0 Å². The van der Waals surface area contributed by atoms with Crippen molar-refractivity contribution in [2.24, 2.45) is 11.3 Å². The van der Waals surface area contributed by atoms with Gasteiger partial charge in [0, 0.05) is 16.9 Å². The van der Waals surface area contributed by atoms with Crippen LogP contribution in [0.15, 0.2) is 0 Å². The normalized spacial score (nSPS) is 21.4. The quantitative estimate of drug-likeness (QED) is 0.525. The van der Waals surface area contributed by atoms with Gasteiger partial charge in [0.1, 0.15) is 5.92 Å². The van der Waals surface area contributed by atoms with Crippen molar-refractivity contribution in [1.29, 1.82) is 0 Å². The number of aliphatic carboxylic acids is 1. The highest BCUT2D eigenvalue weighted by Crippen LogP contribution is 2.40. The van der Waals surface area contributed by atoms with Gasteiger partial charge in [-0.25, -0.2) is 0 Å². The Morgan fingerprint density at radius 2 is 1.75 bits per heavy atom. The van der Waals surface area contributed by atoms with Crippen molar-refractivity contribution in [3.8, 4) is 0 Å². The predicted molar refractivity (Wildman–Crippen MR) is 69.4 cm³/mol. The molecule has 3 nitrogen and oxygen atoms in total. The Morgan fingerprint density at radius 1 is 1.19 bits per heavy atom. The van der Waals surface area contributed by atoms with E-state index in [-0.39, 0.29) is 11.5 Å². The van der Waals surface area contributed by atoms with Gasteiger partial charge >= 0.3 is 5.97 Å². The number of rotatable bonds is 5. The third-order valence-electron chi connectivity index (χ3n) is 3.43. The fourth-order valence-corrected chi connectivity index (χ4v) is 3.15. The number of Topliss-reactive ketones (excluding diaryl/α,β-unsaturated/α-hetero) is 1. The second-order valence-corrected chi connectivity index (χ2v) is 5.12. The topological polar surface area (TPSA) is 54.4 Å². The highest BCUT2D eigenvalue weighted by atomic mass is 32.1. The lowest BCUT2D eigenvalue weighted by Crippen LogP contribution is -2.42. The molecule has 1 aliphatic rings. The van der Waals surface area contributed by atoms with Gasteiger partial charge in [-0.15, -0.1) is 0 Å². The second kappa shape index (κ2) is 5.96. The molecule has 0 aromatic rings. The van der Waals surface area contributed by atoms with E-state index in [1.165, 1.54) is 0 Å². The van der Waals surface area contributed by atoms with Crippen LogP contribution < -0.4 is 0 Å². The summed E-state index contributed by atoms with van der Waals surface area (Å²) < 4.78 is 0. The van der Waals surface area contributed by atoms with Gasteiger partial charge in [0.15, 0.2) is 5.78 Å². The average molecular weight is 262 g/mol. The number of thiol groups is 2. The first-order valence-electron chi connectivity index (χ1n) is 5.56. The molecule has 1 atom stereocenters. The number of carboxylic acids is 1. The summed E-state index contributed by atoms with van der Waals surface area (Å²) in [4.78, 5) is 23.2. The first-order chi connectivity index (χ1) is 7.57. The minimum Gasteiger partial charge on any atom is -0.481 e. The number of ketones is 1. The van der Waals surface area contributed by atoms with Crippen molar-refractivity contribution < 1.29 is 14.7 Å². The van der Waals surface area contributed by atoms with Crippen LogP contribution >= 0.6 is 25.3 Å². The van der Waals surface area contributed by atoms with Crippen molar-refractivity contribution >= 4 is 37.0 Å². The molecule has 0 radical (unpaired) electrons. The van der Waals surface area contributed by atoms with E-state index in [4.69, 9.17) is 5.11 Å². The van der Waals surface area contributed by atoms with Gasteiger partial charge in [-0.2, -0.15) is 25.3 Å². The summed E-state index contributed by atoms with van der Waals surface area (Å²) in [7, 11) is 0. The van der Waals surface area contributed by atoms with Crippen molar-refractivity contribution in [1.82, 2.24) is 0 Å². The molecule has 1 N–H and O–H groups in total. The van der Waals surface area contributed by atoms with E-state index < -0.39 is 17.3 Å². The maximum Gasteiger partial charge on any atom is 0.314 e.